The monoisotopic (exact) mass is 208 g/mol. The quantitative estimate of drug-likeness (QED) is 0.596. The fraction of sp³-hybridized carbons (Fsp3) is 0.300. The Hall–Kier alpha value is -1.78. The third-order valence-corrected chi connectivity index (χ3v) is 1.67. The summed E-state index contributed by atoms with van der Waals surface area (Å²) in [7, 11) is 0. The van der Waals surface area contributed by atoms with Gasteiger partial charge in [0.25, 0.3) is 0 Å². The average Bonchev–Trinajstić information content (AvgIpc) is 2.18. The Bertz CT molecular complexity index is 419. The molecule has 1 aromatic heterocycles. The molecule has 15 heavy (non-hydrogen) atoms. The summed E-state index contributed by atoms with van der Waals surface area (Å²) in [6.45, 7) is 5.35. The lowest BCUT2D eigenvalue weighted by Gasteiger charge is -2.02. The molecule has 80 valence electrons. The van der Waals surface area contributed by atoms with Gasteiger partial charge in [-0.2, -0.15) is 10.2 Å². The van der Waals surface area contributed by atoms with Crippen molar-refractivity contribution >= 4 is 17.2 Å². The number of hydrogen-bond donors (Lipinski definition) is 1. The Morgan fingerprint density at radius 2 is 2.00 bits per heavy atom. The van der Waals surface area contributed by atoms with Crippen LogP contribution < -0.4 is 5.73 Å². The first-order chi connectivity index (χ1) is 7.00. The maximum absolute atomic E-state index is 12.9. The van der Waals surface area contributed by atoms with Crippen LogP contribution in [0.5, 0.6) is 0 Å². The molecule has 0 spiro atoms. The molecule has 0 bridgehead atoms. The number of nitrogen functional groups attached to an aromatic ring is 1. The second-order valence-electron chi connectivity index (χ2n) is 3.32. The van der Waals surface area contributed by atoms with Crippen LogP contribution in [0, 0.1) is 5.82 Å². The van der Waals surface area contributed by atoms with Gasteiger partial charge >= 0.3 is 0 Å². The van der Waals surface area contributed by atoms with Crippen LogP contribution in [-0.4, -0.2) is 16.4 Å². The van der Waals surface area contributed by atoms with Crippen molar-refractivity contribution < 1.29 is 4.39 Å². The summed E-state index contributed by atoms with van der Waals surface area (Å²) in [6.07, 6.45) is 1.07. The lowest BCUT2D eigenvalue weighted by Crippen LogP contribution is -2.04. The Kier molecular flexibility index (Phi) is 3.49. The van der Waals surface area contributed by atoms with Gasteiger partial charge in [-0.3, -0.25) is 0 Å². The molecule has 1 rings (SSSR count). The number of anilines is 1. The minimum absolute atomic E-state index is 0.251. The third kappa shape index (κ3) is 3.12. The first kappa shape index (κ1) is 11.3. The zero-order valence-electron chi connectivity index (χ0n) is 8.95. The molecule has 5 heteroatoms. The van der Waals surface area contributed by atoms with Gasteiger partial charge in [0.2, 0.25) is 0 Å². The summed E-state index contributed by atoms with van der Waals surface area (Å²) >= 11 is 0. The van der Waals surface area contributed by atoms with Crippen LogP contribution in [-0.2, 0) is 0 Å². The van der Waals surface area contributed by atoms with E-state index in [-0.39, 0.29) is 5.82 Å². The molecule has 0 radical (unpaired) electrons. The largest absolute Gasteiger partial charge is 0.383 e. The van der Waals surface area contributed by atoms with Crippen molar-refractivity contribution in [2.75, 3.05) is 5.73 Å². The second kappa shape index (κ2) is 4.63. The third-order valence-electron chi connectivity index (χ3n) is 1.67. The minimum atomic E-state index is -0.439. The summed E-state index contributed by atoms with van der Waals surface area (Å²) < 4.78 is 12.9. The number of nitrogens with zero attached hydrogens (tertiary/aromatic N) is 3. The average molecular weight is 208 g/mol. The summed E-state index contributed by atoms with van der Waals surface area (Å²) in [5.74, 6) is -0.187. The number of halogens is 1. The predicted molar refractivity (Wildman–Crippen MR) is 59.6 cm³/mol. The molecule has 0 aromatic carbocycles. The highest BCUT2D eigenvalue weighted by atomic mass is 19.1. The highest BCUT2D eigenvalue weighted by Gasteiger charge is 2.05. The fourth-order valence-corrected chi connectivity index (χ4v) is 0.969. The topological polar surface area (TPSA) is 63.6 Å². The van der Waals surface area contributed by atoms with Crippen molar-refractivity contribution in [1.29, 1.82) is 0 Å². The lowest BCUT2D eigenvalue weighted by atomic mass is 10.2. The van der Waals surface area contributed by atoms with Gasteiger partial charge in [-0.25, -0.2) is 9.37 Å². The van der Waals surface area contributed by atoms with Crippen molar-refractivity contribution in [3.05, 3.63) is 23.6 Å². The van der Waals surface area contributed by atoms with Crippen molar-refractivity contribution in [3.63, 3.8) is 0 Å². The van der Waals surface area contributed by atoms with E-state index in [0.29, 0.717) is 11.3 Å². The lowest BCUT2D eigenvalue weighted by molar-refractivity contribution is 0.621. The van der Waals surface area contributed by atoms with Gasteiger partial charge in [0.05, 0.1) is 11.9 Å². The molecule has 0 unspecified atom stereocenters. The summed E-state index contributed by atoms with van der Waals surface area (Å²) in [5, 5.41) is 7.78. The molecule has 1 aromatic rings. The Morgan fingerprint density at radius 3 is 2.60 bits per heavy atom. The number of rotatable bonds is 2. The molecule has 0 aliphatic rings. The van der Waals surface area contributed by atoms with Gasteiger partial charge in [-0.1, -0.05) is 0 Å². The Balaban J connectivity index is 3.10. The number of aromatic nitrogens is 1. The molecule has 0 amide bonds. The van der Waals surface area contributed by atoms with Crippen LogP contribution in [0.1, 0.15) is 26.3 Å². The Morgan fingerprint density at radius 1 is 1.33 bits per heavy atom. The number of nitrogens with two attached hydrogens (primary N) is 1. The smallest absolute Gasteiger partial charge is 0.142 e. The molecule has 0 aliphatic heterocycles. The molecule has 0 atom stereocenters. The van der Waals surface area contributed by atoms with Crippen LogP contribution in [0.25, 0.3) is 0 Å². The molecule has 0 saturated heterocycles. The van der Waals surface area contributed by atoms with Crippen molar-refractivity contribution in [3.8, 4) is 0 Å². The molecule has 2 N–H and O–H groups in total. The van der Waals surface area contributed by atoms with E-state index in [1.165, 1.54) is 6.07 Å². The van der Waals surface area contributed by atoms with E-state index in [1.54, 1.807) is 6.92 Å². The van der Waals surface area contributed by atoms with E-state index in [4.69, 9.17) is 5.73 Å². The predicted octanol–water partition coefficient (Wildman–Crippen LogP) is 2.01. The number of hydrogen-bond acceptors (Lipinski definition) is 4. The summed E-state index contributed by atoms with van der Waals surface area (Å²) in [4.78, 5) is 3.70. The normalized spacial score (nSPS) is 11.3. The molecule has 0 saturated carbocycles. The van der Waals surface area contributed by atoms with Gasteiger partial charge in [0, 0.05) is 11.3 Å². The molecular weight excluding hydrogens is 195 g/mol. The van der Waals surface area contributed by atoms with E-state index in [9.17, 15) is 4.39 Å². The standard InChI is InChI=1S/C10H13FN4/c1-6(2)14-15-7(3)9-4-8(11)5-13-10(9)12/h4-5H,1-3H3,(H2,12,13)/b15-7+. The molecule has 1 heterocycles. The summed E-state index contributed by atoms with van der Waals surface area (Å²) in [6, 6.07) is 1.29. The van der Waals surface area contributed by atoms with Crippen LogP contribution in [0.15, 0.2) is 22.5 Å². The zero-order chi connectivity index (χ0) is 11.4. The first-order valence-electron chi connectivity index (χ1n) is 4.47. The number of pyridine rings is 1. The van der Waals surface area contributed by atoms with Gasteiger partial charge in [-0.15, -0.1) is 0 Å². The van der Waals surface area contributed by atoms with Gasteiger partial charge < -0.3 is 5.73 Å². The van der Waals surface area contributed by atoms with E-state index < -0.39 is 5.82 Å². The van der Waals surface area contributed by atoms with E-state index >= 15 is 0 Å². The molecule has 0 aliphatic carbocycles. The van der Waals surface area contributed by atoms with E-state index in [2.05, 4.69) is 15.2 Å². The van der Waals surface area contributed by atoms with Gasteiger partial charge in [0.1, 0.15) is 11.6 Å². The van der Waals surface area contributed by atoms with E-state index in [1.807, 2.05) is 13.8 Å². The summed E-state index contributed by atoms with van der Waals surface area (Å²) in [5.41, 5.74) is 7.42. The van der Waals surface area contributed by atoms with Crippen LogP contribution >= 0.6 is 0 Å². The molecule has 4 nitrogen and oxygen atoms in total. The van der Waals surface area contributed by atoms with Crippen molar-refractivity contribution in [1.82, 2.24) is 4.98 Å². The van der Waals surface area contributed by atoms with Crippen LogP contribution in [0.2, 0.25) is 0 Å². The second-order valence-corrected chi connectivity index (χ2v) is 3.32. The zero-order valence-corrected chi connectivity index (χ0v) is 8.95. The van der Waals surface area contributed by atoms with Crippen molar-refractivity contribution in [2.45, 2.75) is 20.8 Å². The van der Waals surface area contributed by atoms with Gasteiger partial charge in [-0.05, 0) is 26.8 Å². The fourth-order valence-electron chi connectivity index (χ4n) is 0.969. The molecular formula is C10H13FN4. The van der Waals surface area contributed by atoms with Crippen LogP contribution in [0.3, 0.4) is 0 Å². The Labute approximate surface area is 87.7 Å². The SMILES string of the molecule is CC(C)=N/N=C(\C)c1cc(F)cnc1N. The minimum Gasteiger partial charge on any atom is -0.383 e. The molecule has 0 fully saturated rings. The van der Waals surface area contributed by atoms with Gasteiger partial charge in [0.15, 0.2) is 0 Å². The maximum Gasteiger partial charge on any atom is 0.142 e. The van der Waals surface area contributed by atoms with E-state index in [0.717, 1.165) is 11.9 Å². The highest BCUT2D eigenvalue weighted by Crippen LogP contribution is 2.11. The van der Waals surface area contributed by atoms with Crippen molar-refractivity contribution in [2.24, 2.45) is 10.2 Å². The maximum atomic E-state index is 12.9. The van der Waals surface area contributed by atoms with Crippen LogP contribution in [0.4, 0.5) is 10.2 Å². The highest BCUT2D eigenvalue weighted by molar-refractivity contribution is 6.02. The first-order valence-corrected chi connectivity index (χ1v) is 4.47.